The van der Waals surface area contributed by atoms with Gasteiger partial charge in [-0.2, -0.15) is 13.2 Å². The summed E-state index contributed by atoms with van der Waals surface area (Å²) < 4.78 is 36.9. The molecule has 1 aromatic carbocycles. The zero-order valence-corrected chi connectivity index (χ0v) is 8.31. The molecule has 1 atom stereocenters. The number of hydrogen-bond acceptors (Lipinski definition) is 4. The van der Waals surface area contributed by atoms with Gasteiger partial charge in [-0.25, -0.2) is 0 Å². The van der Waals surface area contributed by atoms with E-state index in [0.717, 1.165) is 6.07 Å². The number of rotatable bonds is 3. The molecule has 1 aromatic rings. The standard InChI is InChI=1S/C9H8F3NO4/c10-9(11,12)5-1-2-6(8(15)4-14)7(3-5)13(16)17/h1-3,8,14-15H,4H2. The van der Waals surface area contributed by atoms with Crippen molar-refractivity contribution in [2.24, 2.45) is 0 Å². The molecule has 94 valence electrons. The minimum Gasteiger partial charge on any atom is -0.393 e. The molecular weight excluding hydrogens is 243 g/mol. The summed E-state index contributed by atoms with van der Waals surface area (Å²) >= 11 is 0. The molecular formula is C9H8F3NO4. The number of nitro benzene ring substituents is 1. The molecule has 0 amide bonds. The Bertz CT molecular complexity index is 433. The van der Waals surface area contributed by atoms with E-state index in [1.807, 2.05) is 0 Å². The molecule has 0 aromatic heterocycles. The average molecular weight is 251 g/mol. The van der Waals surface area contributed by atoms with Crippen molar-refractivity contribution in [3.8, 4) is 0 Å². The highest BCUT2D eigenvalue weighted by Gasteiger charge is 2.33. The van der Waals surface area contributed by atoms with Crippen LogP contribution in [0.2, 0.25) is 0 Å². The number of nitro groups is 1. The van der Waals surface area contributed by atoms with Gasteiger partial charge in [-0.05, 0) is 12.1 Å². The molecule has 0 heterocycles. The van der Waals surface area contributed by atoms with Gasteiger partial charge in [0.25, 0.3) is 5.69 Å². The lowest BCUT2D eigenvalue weighted by molar-refractivity contribution is -0.386. The summed E-state index contributed by atoms with van der Waals surface area (Å²) in [6.07, 6.45) is -6.29. The minimum atomic E-state index is -4.70. The zero-order chi connectivity index (χ0) is 13.2. The summed E-state index contributed by atoms with van der Waals surface area (Å²) in [7, 11) is 0. The molecule has 0 aliphatic heterocycles. The Morgan fingerprint density at radius 2 is 2.00 bits per heavy atom. The van der Waals surface area contributed by atoms with Crippen LogP contribution in [-0.4, -0.2) is 21.7 Å². The Morgan fingerprint density at radius 3 is 2.41 bits per heavy atom. The smallest absolute Gasteiger partial charge is 0.393 e. The maximum atomic E-state index is 12.3. The first-order chi connectivity index (χ1) is 7.77. The average Bonchev–Trinajstić information content (AvgIpc) is 2.25. The number of nitrogens with zero attached hydrogens (tertiary/aromatic N) is 1. The van der Waals surface area contributed by atoms with Gasteiger partial charge in [-0.15, -0.1) is 0 Å². The van der Waals surface area contributed by atoms with Crippen LogP contribution in [0.25, 0.3) is 0 Å². The van der Waals surface area contributed by atoms with Crippen molar-refractivity contribution in [2.75, 3.05) is 6.61 Å². The summed E-state index contributed by atoms with van der Waals surface area (Å²) in [4.78, 5) is 9.53. The van der Waals surface area contributed by atoms with E-state index in [1.165, 1.54) is 0 Å². The van der Waals surface area contributed by atoms with Crippen LogP contribution in [0.15, 0.2) is 18.2 Å². The lowest BCUT2D eigenvalue weighted by Gasteiger charge is -2.11. The lowest BCUT2D eigenvalue weighted by Crippen LogP contribution is -2.10. The van der Waals surface area contributed by atoms with Crippen molar-refractivity contribution in [1.82, 2.24) is 0 Å². The minimum absolute atomic E-state index is 0.328. The molecule has 0 saturated carbocycles. The largest absolute Gasteiger partial charge is 0.416 e. The molecule has 0 fully saturated rings. The fraction of sp³-hybridized carbons (Fsp3) is 0.333. The number of hydrogen-bond donors (Lipinski definition) is 2. The van der Waals surface area contributed by atoms with Crippen molar-refractivity contribution in [1.29, 1.82) is 0 Å². The van der Waals surface area contributed by atoms with Crippen molar-refractivity contribution in [3.05, 3.63) is 39.4 Å². The van der Waals surface area contributed by atoms with Gasteiger partial charge in [0.05, 0.1) is 22.7 Å². The van der Waals surface area contributed by atoms with Crippen LogP contribution < -0.4 is 0 Å². The molecule has 2 N–H and O–H groups in total. The third kappa shape index (κ3) is 2.92. The van der Waals surface area contributed by atoms with Crippen LogP contribution in [0.1, 0.15) is 17.2 Å². The Balaban J connectivity index is 3.32. The molecule has 1 unspecified atom stereocenters. The van der Waals surface area contributed by atoms with Gasteiger partial charge in [0.2, 0.25) is 0 Å². The van der Waals surface area contributed by atoms with Gasteiger partial charge < -0.3 is 10.2 Å². The fourth-order valence-corrected chi connectivity index (χ4v) is 1.26. The topological polar surface area (TPSA) is 83.6 Å². The van der Waals surface area contributed by atoms with Gasteiger partial charge in [0.1, 0.15) is 6.10 Å². The predicted octanol–water partition coefficient (Wildman–Crippen LogP) is 1.64. The fourth-order valence-electron chi connectivity index (χ4n) is 1.26. The Labute approximate surface area is 93.3 Å². The SMILES string of the molecule is O=[N+]([O-])c1cc(C(F)(F)F)ccc1C(O)CO. The summed E-state index contributed by atoms with van der Waals surface area (Å²) in [5.74, 6) is 0. The molecule has 0 saturated heterocycles. The first-order valence-electron chi connectivity index (χ1n) is 4.42. The Morgan fingerprint density at radius 1 is 1.41 bits per heavy atom. The van der Waals surface area contributed by atoms with E-state index >= 15 is 0 Å². The highest BCUT2D eigenvalue weighted by atomic mass is 19.4. The summed E-state index contributed by atoms with van der Waals surface area (Å²) in [5.41, 5.74) is -2.41. The van der Waals surface area contributed by atoms with Crippen LogP contribution in [0.5, 0.6) is 0 Å². The number of halogens is 3. The highest BCUT2D eigenvalue weighted by molar-refractivity contribution is 5.45. The first kappa shape index (κ1) is 13.4. The van der Waals surface area contributed by atoms with Crippen molar-refractivity contribution >= 4 is 5.69 Å². The van der Waals surface area contributed by atoms with E-state index in [0.29, 0.717) is 12.1 Å². The van der Waals surface area contributed by atoms with Crippen LogP contribution in [0, 0.1) is 10.1 Å². The molecule has 8 heteroatoms. The maximum absolute atomic E-state index is 12.3. The van der Waals surface area contributed by atoms with Crippen LogP contribution in [-0.2, 0) is 6.18 Å². The normalized spacial score (nSPS) is 13.5. The maximum Gasteiger partial charge on any atom is 0.416 e. The highest BCUT2D eigenvalue weighted by Crippen LogP contribution is 2.34. The van der Waals surface area contributed by atoms with Crippen LogP contribution >= 0.6 is 0 Å². The molecule has 17 heavy (non-hydrogen) atoms. The molecule has 0 bridgehead atoms. The first-order valence-corrected chi connectivity index (χ1v) is 4.42. The second kappa shape index (κ2) is 4.68. The van der Waals surface area contributed by atoms with Gasteiger partial charge in [0.15, 0.2) is 0 Å². The number of alkyl halides is 3. The zero-order valence-electron chi connectivity index (χ0n) is 8.31. The summed E-state index contributed by atoms with van der Waals surface area (Å²) in [6, 6.07) is 1.72. The Hall–Kier alpha value is -1.67. The van der Waals surface area contributed by atoms with E-state index < -0.39 is 35.1 Å². The van der Waals surface area contributed by atoms with Crippen LogP contribution in [0.4, 0.5) is 18.9 Å². The van der Waals surface area contributed by atoms with Crippen molar-refractivity contribution < 1.29 is 28.3 Å². The van der Waals surface area contributed by atoms with Gasteiger partial charge in [-0.3, -0.25) is 10.1 Å². The molecule has 0 aliphatic rings. The van der Waals surface area contributed by atoms with Gasteiger partial charge in [-0.1, -0.05) is 0 Å². The predicted molar refractivity (Wildman–Crippen MR) is 50.1 cm³/mol. The van der Waals surface area contributed by atoms with E-state index in [-0.39, 0.29) is 5.56 Å². The second-order valence-corrected chi connectivity index (χ2v) is 3.23. The third-order valence-corrected chi connectivity index (χ3v) is 2.09. The van der Waals surface area contributed by atoms with Gasteiger partial charge >= 0.3 is 6.18 Å². The Kier molecular flexibility index (Phi) is 3.69. The number of aliphatic hydroxyl groups is 2. The molecule has 0 aliphatic carbocycles. The summed E-state index contributed by atoms with van der Waals surface area (Å²) in [5, 5.41) is 28.4. The number of aliphatic hydroxyl groups excluding tert-OH is 2. The molecule has 0 radical (unpaired) electrons. The van der Waals surface area contributed by atoms with Gasteiger partial charge in [0, 0.05) is 6.07 Å². The molecule has 5 nitrogen and oxygen atoms in total. The lowest BCUT2D eigenvalue weighted by atomic mass is 10.0. The molecule has 0 spiro atoms. The van der Waals surface area contributed by atoms with Crippen LogP contribution in [0.3, 0.4) is 0 Å². The monoisotopic (exact) mass is 251 g/mol. The van der Waals surface area contributed by atoms with E-state index in [4.69, 9.17) is 5.11 Å². The number of benzene rings is 1. The van der Waals surface area contributed by atoms with Crippen molar-refractivity contribution in [2.45, 2.75) is 12.3 Å². The van der Waals surface area contributed by atoms with E-state index in [9.17, 15) is 28.4 Å². The van der Waals surface area contributed by atoms with E-state index in [1.54, 1.807) is 0 Å². The quantitative estimate of drug-likeness (QED) is 0.631. The van der Waals surface area contributed by atoms with Crippen molar-refractivity contribution in [3.63, 3.8) is 0 Å². The molecule has 1 rings (SSSR count). The summed E-state index contributed by atoms with van der Waals surface area (Å²) in [6.45, 7) is -0.813. The third-order valence-electron chi connectivity index (χ3n) is 2.09. The van der Waals surface area contributed by atoms with E-state index in [2.05, 4.69) is 0 Å². The second-order valence-electron chi connectivity index (χ2n) is 3.23.